The lowest BCUT2D eigenvalue weighted by Gasteiger charge is -2.03. The monoisotopic (exact) mass is 341 g/mol. The van der Waals surface area contributed by atoms with Gasteiger partial charge in [-0.3, -0.25) is 4.79 Å². The van der Waals surface area contributed by atoms with Crippen molar-refractivity contribution in [3.05, 3.63) is 70.6 Å². The van der Waals surface area contributed by atoms with E-state index in [9.17, 15) is 4.79 Å². The average Bonchev–Trinajstić information content (AvgIpc) is 3.05. The molecule has 1 aromatic heterocycles. The Balaban J connectivity index is 1.55. The Kier molecular flexibility index (Phi) is 4.91. The maximum Gasteiger partial charge on any atom is 0.251 e. The number of carbonyl (C=O) groups is 1. The van der Waals surface area contributed by atoms with Crippen LogP contribution in [0.25, 0.3) is 11.5 Å². The normalized spacial score (nSPS) is 10.6. The maximum atomic E-state index is 12.0. The zero-order chi connectivity index (χ0) is 16.9. The molecule has 0 aliphatic rings. The smallest absolute Gasteiger partial charge is 0.251 e. The number of aryl methyl sites for hydroxylation is 1. The molecule has 0 radical (unpaired) electrons. The molecule has 0 spiro atoms. The van der Waals surface area contributed by atoms with Crippen molar-refractivity contribution in [3.63, 3.8) is 0 Å². The summed E-state index contributed by atoms with van der Waals surface area (Å²) < 4.78 is 5.60. The predicted octanol–water partition coefficient (Wildman–Crippen LogP) is 3.67. The Hall–Kier alpha value is -2.66. The van der Waals surface area contributed by atoms with Crippen LogP contribution in [0, 0.1) is 6.92 Å². The minimum atomic E-state index is -0.118. The van der Waals surface area contributed by atoms with Crippen molar-refractivity contribution in [2.45, 2.75) is 13.3 Å². The van der Waals surface area contributed by atoms with Crippen molar-refractivity contribution in [2.24, 2.45) is 0 Å². The minimum Gasteiger partial charge on any atom is -0.421 e. The van der Waals surface area contributed by atoms with Gasteiger partial charge < -0.3 is 9.73 Å². The molecule has 0 unspecified atom stereocenters. The van der Waals surface area contributed by atoms with Crippen molar-refractivity contribution in [2.75, 3.05) is 6.54 Å². The summed E-state index contributed by atoms with van der Waals surface area (Å²) in [5.74, 6) is 0.795. The van der Waals surface area contributed by atoms with Crippen LogP contribution in [0.1, 0.15) is 21.8 Å². The van der Waals surface area contributed by atoms with E-state index < -0.39 is 0 Å². The lowest BCUT2D eigenvalue weighted by Crippen LogP contribution is -2.25. The fourth-order valence-electron chi connectivity index (χ4n) is 2.15. The first-order valence-electron chi connectivity index (χ1n) is 7.55. The van der Waals surface area contributed by atoms with E-state index in [1.54, 1.807) is 24.3 Å². The van der Waals surface area contributed by atoms with E-state index in [4.69, 9.17) is 16.0 Å². The number of nitrogens with one attached hydrogen (secondary N) is 1. The number of carbonyl (C=O) groups excluding carboxylic acids is 1. The van der Waals surface area contributed by atoms with Gasteiger partial charge in [0, 0.05) is 29.1 Å². The second-order valence-corrected chi connectivity index (χ2v) is 5.82. The SMILES string of the molecule is Cc1ccc(C(=O)NCCc2nnc(-c3ccc(Cl)cc3)o2)cc1. The third-order valence-corrected chi connectivity index (χ3v) is 3.75. The minimum absolute atomic E-state index is 0.118. The van der Waals surface area contributed by atoms with Crippen LogP contribution in [-0.4, -0.2) is 22.6 Å². The third-order valence-electron chi connectivity index (χ3n) is 3.50. The molecule has 122 valence electrons. The molecule has 5 nitrogen and oxygen atoms in total. The van der Waals surface area contributed by atoms with Gasteiger partial charge in [0.1, 0.15) is 0 Å². The summed E-state index contributed by atoms with van der Waals surface area (Å²) in [6, 6.07) is 14.6. The van der Waals surface area contributed by atoms with Crippen LogP contribution < -0.4 is 5.32 Å². The van der Waals surface area contributed by atoms with Gasteiger partial charge in [-0.05, 0) is 43.3 Å². The van der Waals surface area contributed by atoms with Gasteiger partial charge in [-0.25, -0.2) is 0 Å². The highest BCUT2D eigenvalue weighted by Gasteiger charge is 2.09. The van der Waals surface area contributed by atoms with E-state index in [1.807, 2.05) is 31.2 Å². The van der Waals surface area contributed by atoms with E-state index in [-0.39, 0.29) is 5.91 Å². The first-order valence-corrected chi connectivity index (χ1v) is 7.93. The quantitative estimate of drug-likeness (QED) is 0.768. The lowest BCUT2D eigenvalue weighted by atomic mass is 10.1. The Bertz CT molecular complexity index is 826. The molecule has 1 amide bonds. The van der Waals surface area contributed by atoms with Gasteiger partial charge in [-0.15, -0.1) is 10.2 Å². The van der Waals surface area contributed by atoms with E-state index >= 15 is 0 Å². The van der Waals surface area contributed by atoms with Crippen molar-refractivity contribution < 1.29 is 9.21 Å². The first-order chi connectivity index (χ1) is 11.6. The standard InChI is InChI=1S/C18H16ClN3O2/c1-12-2-4-13(5-3-12)17(23)20-11-10-16-21-22-18(24-16)14-6-8-15(19)9-7-14/h2-9H,10-11H2,1H3,(H,20,23). The molecule has 3 aromatic rings. The molecular weight excluding hydrogens is 326 g/mol. The molecule has 0 bridgehead atoms. The Morgan fingerprint density at radius 3 is 2.50 bits per heavy atom. The predicted molar refractivity (Wildman–Crippen MR) is 92.0 cm³/mol. The third kappa shape index (κ3) is 4.00. The molecule has 0 aliphatic carbocycles. The van der Waals surface area contributed by atoms with Crippen LogP contribution in [0.2, 0.25) is 5.02 Å². The van der Waals surface area contributed by atoms with Crippen LogP contribution >= 0.6 is 11.6 Å². The summed E-state index contributed by atoms with van der Waals surface area (Å²) in [5, 5.41) is 11.5. The summed E-state index contributed by atoms with van der Waals surface area (Å²) in [7, 11) is 0. The summed E-state index contributed by atoms with van der Waals surface area (Å²) >= 11 is 5.85. The van der Waals surface area contributed by atoms with Gasteiger partial charge in [0.2, 0.25) is 11.8 Å². The van der Waals surface area contributed by atoms with E-state index in [2.05, 4.69) is 15.5 Å². The van der Waals surface area contributed by atoms with E-state index in [1.165, 1.54) is 0 Å². The molecule has 2 aromatic carbocycles. The number of rotatable bonds is 5. The summed E-state index contributed by atoms with van der Waals surface area (Å²) in [5.41, 5.74) is 2.56. The van der Waals surface area contributed by atoms with Gasteiger partial charge >= 0.3 is 0 Å². The van der Waals surface area contributed by atoms with Gasteiger partial charge in [-0.1, -0.05) is 29.3 Å². The van der Waals surface area contributed by atoms with Gasteiger partial charge in [-0.2, -0.15) is 0 Å². The van der Waals surface area contributed by atoms with E-state index in [0.29, 0.717) is 35.3 Å². The zero-order valence-electron chi connectivity index (χ0n) is 13.1. The summed E-state index contributed by atoms with van der Waals surface area (Å²) in [4.78, 5) is 12.0. The molecule has 0 saturated heterocycles. The molecule has 24 heavy (non-hydrogen) atoms. The summed E-state index contributed by atoms with van der Waals surface area (Å²) in [6.45, 7) is 2.41. The highest BCUT2D eigenvalue weighted by molar-refractivity contribution is 6.30. The number of nitrogens with zero attached hydrogens (tertiary/aromatic N) is 2. The number of halogens is 1. The van der Waals surface area contributed by atoms with Crippen molar-refractivity contribution in [3.8, 4) is 11.5 Å². The lowest BCUT2D eigenvalue weighted by molar-refractivity contribution is 0.0953. The number of hydrogen-bond acceptors (Lipinski definition) is 4. The maximum absolute atomic E-state index is 12.0. The number of aromatic nitrogens is 2. The van der Waals surface area contributed by atoms with Crippen LogP contribution in [-0.2, 0) is 6.42 Å². The van der Waals surface area contributed by atoms with Gasteiger partial charge in [0.05, 0.1) is 0 Å². The molecule has 0 aliphatic heterocycles. The van der Waals surface area contributed by atoms with Crippen molar-refractivity contribution in [1.29, 1.82) is 0 Å². The Labute approximate surface area is 144 Å². The second-order valence-electron chi connectivity index (χ2n) is 5.38. The molecular formula is C18H16ClN3O2. The summed E-state index contributed by atoms with van der Waals surface area (Å²) in [6.07, 6.45) is 0.470. The Morgan fingerprint density at radius 2 is 1.79 bits per heavy atom. The Morgan fingerprint density at radius 1 is 1.08 bits per heavy atom. The van der Waals surface area contributed by atoms with Crippen LogP contribution in [0.3, 0.4) is 0 Å². The molecule has 1 N–H and O–H groups in total. The van der Waals surface area contributed by atoms with Crippen LogP contribution in [0.15, 0.2) is 52.9 Å². The average molecular weight is 342 g/mol. The van der Waals surface area contributed by atoms with Gasteiger partial charge in [0.25, 0.3) is 5.91 Å². The molecule has 0 fully saturated rings. The zero-order valence-corrected chi connectivity index (χ0v) is 13.9. The largest absolute Gasteiger partial charge is 0.421 e. The number of benzene rings is 2. The molecule has 6 heteroatoms. The van der Waals surface area contributed by atoms with Crippen molar-refractivity contribution in [1.82, 2.24) is 15.5 Å². The fraction of sp³-hybridized carbons (Fsp3) is 0.167. The van der Waals surface area contributed by atoms with Crippen LogP contribution in [0.4, 0.5) is 0 Å². The van der Waals surface area contributed by atoms with Gasteiger partial charge in [0.15, 0.2) is 0 Å². The molecule has 3 rings (SSSR count). The van der Waals surface area contributed by atoms with Crippen molar-refractivity contribution >= 4 is 17.5 Å². The molecule has 1 heterocycles. The van der Waals surface area contributed by atoms with Crippen LogP contribution in [0.5, 0.6) is 0 Å². The molecule has 0 atom stereocenters. The number of amides is 1. The fourth-order valence-corrected chi connectivity index (χ4v) is 2.28. The highest BCUT2D eigenvalue weighted by Crippen LogP contribution is 2.20. The molecule has 0 saturated carbocycles. The second kappa shape index (κ2) is 7.27. The number of hydrogen-bond donors (Lipinski definition) is 1. The topological polar surface area (TPSA) is 68.0 Å². The highest BCUT2D eigenvalue weighted by atomic mass is 35.5. The first kappa shape index (κ1) is 16.2. The van der Waals surface area contributed by atoms with E-state index in [0.717, 1.165) is 11.1 Å².